The largest absolute Gasteiger partial charge is 0.491 e. The first kappa shape index (κ1) is 24.5. The molecule has 1 aromatic rings. The van der Waals surface area contributed by atoms with Crippen LogP contribution in [-0.4, -0.2) is 54.9 Å². The van der Waals surface area contributed by atoms with Crippen molar-refractivity contribution in [2.24, 2.45) is 11.8 Å². The molecule has 1 aromatic carbocycles. The molecule has 4 N–H and O–H groups in total. The fraction of sp³-hybridized carbons (Fsp3) is 0.583. The SMILES string of the molecule is CC(C)[C@H]1NC(=O)CC[C@@H](C(=O)NCC2CC2)NC(=O)c2ccccc2OC[C@H](C)NC1=O. The molecule has 33 heavy (non-hydrogen) atoms. The first-order chi connectivity index (χ1) is 15.7. The Labute approximate surface area is 194 Å². The molecule has 1 heterocycles. The number of benzene rings is 1. The van der Waals surface area contributed by atoms with Gasteiger partial charge in [0.2, 0.25) is 17.7 Å². The second-order valence-corrected chi connectivity index (χ2v) is 9.26. The molecule has 1 fully saturated rings. The number of carbonyl (C=O) groups excluding carboxylic acids is 4. The number of nitrogens with one attached hydrogen (secondary N) is 4. The van der Waals surface area contributed by atoms with E-state index in [1.54, 1.807) is 31.2 Å². The summed E-state index contributed by atoms with van der Waals surface area (Å²) in [5, 5.41) is 11.3. The first-order valence-corrected chi connectivity index (χ1v) is 11.6. The van der Waals surface area contributed by atoms with Crippen LogP contribution in [0.2, 0.25) is 0 Å². The van der Waals surface area contributed by atoms with Crippen molar-refractivity contribution in [3.8, 4) is 5.75 Å². The van der Waals surface area contributed by atoms with E-state index >= 15 is 0 Å². The minimum Gasteiger partial charge on any atom is -0.491 e. The molecule has 4 amide bonds. The Kier molecular flexibility index (Phi) is 8.30. The fourth-order valence-corrected chi connectivity index (χ4v) is 3.62. The molecular weight excluding hydrogens is 424 g/mol. The van der Waals surface area contributed by atoms with Crippen LogP contribution in [0.3, 0.4) is 0 Å². The van der Waals surface area contributed by atoms with Crippen molar-refractivity contribution in [3.05, 3.63) is 29.8 Å². The highest BCUT2D eigenvalue weighted by Crippen LogP contribution is 2.27. The van der Waals surface area contributed by atoms with Crippen molar-refractivity contribution in [2.75, 3.05) is 13.2 Å². The third-order valence-electron chi connectivity index (χ3n) is 5.82. The van der Waals surface area contributed by atoms with Gasteiger partial charge < -0.3 is 26.0 Å². The highest BCUT2D eigenvalue weighted by Gasteiger charge is 2.29. The Morgan fingerprint density at radius 2 is 1.82 bits per heavy atom. The van der Waals surface area contributed by atoms with Gasteiger partial charge in [-0.3, -0.25) is 19.2 Å². The summed E-state index contributed by atoms with van der Waals surface area (Å²) >= 11 is 0. The number of para-hydroxylation sites is 1. The molecule has 2 aliphatic rings. The maximum absolute atomic E-state index is 13.0. The number of ether oxygens (including phenoxy) is 1. The van der Waals surface area contributed by atoms with Gasteiger partial charge in [-0.05, 0) is 50.2 Å². The van der Waals surface area contributed by atoms with E-state index in [9.17, 15) is 19.2 Å². The number of hydrogen-bond acceptors (Lipinski definition) is 5. The summed E-state index contributed by atoms with van der Waals surface area (Å²) in [6, 6.07) is 4.81. The van der Waals surface area contributed by atoms with Gasteiger partial charge in [0.15, 0.2) is 0 Å². The number of amides is 4. The van der Waals surface area contributed by atoms with Crippen LogP contribution in [0.25, 0.3) is 0 Å². The number of hydrogen-bond donors (Lipinski definition) is 4. The number of carbonyl (C=O) groups is 4. The molecule has 0 radical (unpaired) electrons. The third-order valence-corrected chi connectivity index (χ3v) is 5.82. The minimum atomic E-state index is -0.884. The van der Waals surface area contributed by atoms with Gasteiger partial charge in [-0.2, -0.15) is 0 Å². The van der Waals surface area contributed by atoms with Crippen molar-refractivity contribution < 1.29 is 23.9 Å². The van der Waals surface area contributed by atoms with E-state index < -0.39 is 18.0 Å². The van der Waals surface area contributed by atoms with Crippen LogP contribution in [0.1, 0.15) is 56.8 Å². The van der Waals surface area contributed by atoms with Gasteiger partial charge in [0.1, 0.15) is 24.4 Å². The Hall–Kier alpha value is -3.10. The van der Waals surface area contributed by atoms with Crippen LogP contribution < -0.4 is 26.0 Å². The molecule has 1 aliphatic heterocycles. The van der Waals surface area contributed by atoms with Crippen LogP contribution in [0.4, 0.5) is 0 Å². The Bertz CT molecular complexity index is 883. The predicted octanol–water partition coefficient (Wildman–Crippen LogP) is 1.13. The molecule has 3 atom stereocenters. The van der Waals surface area contributed by atoms with E-state index in [-0.39, 0.29) is 54.7 Å². The molecule has 9 heteroatoms. The van der Waals surface area contributed by atoms with Crippen LogP contribution in [0, 0.1) is 11.8 Å². The van der Waals surface area contributed by atoms with E-state index in [0.29, 0.717) is 18.2 Å². The second-order valence-electron chi connectivity index (χ2n) is 9.26. The summed E-state index contributed by atoms with van der Waals surface area (Å²) in [7, 11) is 0. The molecule has 3 rings (SSSR count). The monoisotopic (exact) mass is 458 g/mol. The van der Waals surface area contributed by atoms with Gasteiger partial charge in [0.05, 0.1) is 11.6 Å². The normalized spacial score (nSPS) is 24.8. The number of fused-ring (bicyclic) bond motifs is 1. The fourth-order valence-electron chi connectivity index (χ4n) is 3.62. The average molecular weight is 459 g/mol. The first-order valence-electron chi connectivity index (χ1n) is 11.6. The Balaban J connectivity index is 1.83. The van der Waals surface area contributed by atoms with Gasteiger partial charge in [0.25, 0.3) is 5.91 Å². The van der Waals surface area contributed by atoms with E-state index in [4.69, 9.17) is 4.74 Å². The summed E-state index contributed by atoms with van der Waals surface area (Å²) in [4.78, 5) is 51.2. The van der Waals surface area contributed by atoms with Crippen molar-refractivity contribution in [1.29, 1.82) is 0 Å². The standard InChI is InChI=1S/C24H34N4O5/c1-14(2)21-24(32)26-15(3)13-33-19-7-5-4-6-17(19)22(30)27-18(10-11-20(29)28-21)23(31)25-12-16-8-9-16/h4-7,14-16,18,21H,8-13H2,1-3H3,(H,25,31)(H,26,32)(H,27,30)(H,28,29)/t15-,18-,21+/m0/s1. The van der Waals surface area contributed by atoms with Crippen LogP contribution in [0.15, 0.2) is 24.3 Å². The molecular formula is C24H34N4O5. The third kappa shape index (κ3) is 7.20. The summed E-state index contributed by atoms with van der Waals surface area (Å²) in [6.07, 6.45) is 2.27. The van der Waals surface area contributed by atoms with Gasteiger partial charge in [-0.15, -0.1) is 0 Å². The summed E-state index contributed by atoms with van der Waals surface area (Å²) in [5.74, 6) is -0.713. The van der Waals surface area contributed by atoms with Gasteiger partial charge >= 0.3 is 0 Å². The number of rotatable bonds is 4. The van der Waals surface area contributed by atoms with E-state index in [1.165, 1.54) is 0 Å². The predicted molar refractivity (Wildman–Crippen MR) is 123 cm³/mol. The highest BCUT2D eigenvalue weighted by molar-refractivity contribution is 5.99. The molecule has 0 saturated heterocycles. The van der Waals surface area contributed by atoms with Gasteiger partial charge in [0, 0.05) is 13.0 Å². The van der Waals surface area contributed by atoms with Crippen LogP contribution in [-0.2, 0) is 14.4 Å². The molecule has 0 bridgehead atoms. The van der Waals surface area contributed by atoms with Crippen molar-refractivity contribution in [3.63, 3.8) is 0 Å². The summed E-state index contributed by atoms with van der Waals surface area (Å²) in [6.45, 7) is 6.19. The lowest BCUT2D eigenvalue weighted by Crippen LogP contribution is -2.52. The summed E-state index contributed by atoms with van der Waals surface area (Å²) < 4.78 is 5.83. The zero-order valence-electron chi connectivity index (χ0n) is 19.5. The average Bonchev–Trinajstić information content (AvgIpc) is 3.61. The maximum atomic E-state index is 13.0. The zero-order valence-corrected chi connectivity index (χ0v) is 19.5. The van der Waals surface area contributed by atoms with Crippen LogP contribution in [0.5, 0.6) is 5.75 Å². The molecule has 0 unspecified atom stereocenters. The van der Waals surface area contributed by atoms with E-state index in [0.717, 1.165) is 12.8 Å². The quantitative estimate of drug-likeness (QED) is 0.538. The Morgan fingerprint density at radius 1 is 1.09 bits per heavy atom. The smallest absolute Gasteiger partial charge is 0.255 e. The second kappa shape index (κ2) is 11.2. The molecule has 0 spiro atoms. The van der Waals surface area contributed by atoms with Crippen molar-refractivity contribution >= 4 is 23.6 Å². The zero-order chi connectivity index (χ0) is 24.0. The lowest BCUT2D eigenvalue weighted by Gasteiger charge is -2.24. The van der Waals surface area contributed by atoms with Gasteiger partial charge in [-0.1, -0.05) is 26.0 Å². The highest BCUT2D eigenvalue weighted by atomic mass is 16.5. The van der Waals surface area contributed by atoms with E-state index in [1.807, 2.05) is 13.8 Å². The molecule has 0 aromatic heterocycles. The molecule has 1 saturated carbocycles. The lowest BCUT2D eigenvalue weighted by atomic mass is 10.0. The van der Waals surface area contributed by atoms with Crippen LogP contribution >= 0.6 is 0 Å². The molecule has 180 valence electrons. The lowest BCUT2D eigenvalue weighted by molar-refractivity contribution is -0.131. The minimum absolute atomic E-state index is 0.00794. The van der Waals surface area contributed by atoms with Crippen molar-refractivity contribution in [2.45, 2.75) is 64.6 Å². The summed E-state index contributed by atoms with van der Waals surface area (Å²) in [5.41, 5.74) is 0.287. The molecule has 9 nitrogen and oxygen atoms in total. The van der Waals surface area contributed by atoms with E-state index in [2.05, 4.69) is 21.3 Å². The topological polar surface area (TPSA) is 126 Å². The Morgan fingerprint density at radius 3 is 2.52 bits per heavy atom. The maximum Gasteiger partial charge on any atom is 0.255 e. The molecule has 1 aliphatic carbocycles. The van der Waals surface area contributed by atoms with Gasteiger partial charge in [-0.25, -0.2) is 0 Å². The van der Waals surface area contributed by atoms with Crippen molar-refractivity contribution in [1.82, 2.24) is 21.3 Å².